The van der Waals surface area contributed by atoms with Crippen LogP contribution in [0.15, 0.2) is 34.2 Å². The Kier molecular flexibility index (Phi) is 7.01. The van der Waals surface area contributed by atoms with Gasteiger partial charge >= 0.3 is 5.97 Å². The highest BCUT2D eigenvalue weighted by molar-refractivity contribution is 7.99. The van der Waals surface area contributed by atoms with Crippen LogP contribution in [0.3, 0.4) is 0 Å². The Morgan fingerprint density at radius 3 is 2.67 bits per heavy atom. The van der Waals surface area contributed by atoms with Gasteiger partial charge in [-0.3, -0.25) is 19.0 Å². The lowest BCUT2D eigenvalue weighted by Crippen LogP contribution is -2.43. The van der Waals surface area contributed by atoms with E-state index in [0.29, 0.717) is 16.1 Å². The van der Waals surface area contributed by atoms with Gasteiger partial charge in [-0.25, -0.2) is 4.98 Å². The Balaban J connectivity index is 2.28. The number of aromatic nitrogens is 2. The van der Waals surface area contributed by atoms with Crippen molar-refractivity contribution in [3.05, 3.63) is 34.6 Å². The first-order chi connectivity index (χ1) is 12.8. The summed E-state index contributed by atoms with van der Waals surface area (Å²) in [6, 6.07) is 7.03. The lowest BCUT2D eigenvalue weighted by molar-refractivity contribution is -0.140. The summed E-state index contributed by atoms with van der Waals surface area (Å²) >= 11 is 1.18. The highest BCUT2D eigenvalue weighted by Crippen LogP contribution is 2.18. The zero-order valence-corrected chi connectivity index (χ0v) is 16.9. The fourth-order valence-corrected chi connectivity index (χ4v) is 3.22. The van der Waals surface area contributed by atoms with Crippen LogP contribution in [0.1, 0.15) is 33.6 Å². The summed E-state index contributed by atoms with van der Waals surface area (Å²) < 4.78 is 6.09. The Morgan fingerprint density at radius 2 is 2.00 bits per heavy atom. The molecule has 0 aliphatic heterocycles. The highest BCUT2D eigenvalue weighted by Gasteiger charge is 2.19. The second-order valence-corrected chi connectivity index (χ2v) is 7.71. The molecule has 0 bridgehead atoms. The molecule has 0 aliphatic rings. The third kappa shape index (κ3) is 5.56. The third-order valence-electron chi connectivity index (χ3n) is 4.29. The maximum atomic E-state index is 12.8. The molecule has 8 heteroatoms. The van der Waals surface area contributed by atoms with Crippen molar-refractivity contribution in [3.63, 3.8) is 0 Å². The summed E-state index contributed by atoms with van der Waals surface area (Å²) in [6.45, 7) is 6.06. The average Bonchev–Trinajstić information content (AvgIpc) is 2.65. The number of carbonyl (C=O) groups excluding carboxylic acids is 2. The maximum Gasteiger partial charge on any atom is 0.307 e. The predicted octanol–water partition coefficient (Wildman–Crippen LogP) is 2.36. The molecule has 0 fully saturated rings. The number of amides is 1. The fraction of sp³-hybridized carbons (Fsp3) is 0.474. The maximum absolute atomic E-state index is 12.8. The first kappa shape index (κ1) is 21.0. The van der Waals surface area contributed by atoms with Crippen LogP contribution in [0.25, 0.3) is 10.9 Å². The second-order valence-electron chi connectivity index (χ2n) is 6.77. The van der Waals surface area contributed by atoms with Crippen LogP contribution < -0.4 is 10.9 Å². The van der Waals surface area contributed by atoms with Crippen molar-refractivity contribution < 1.29 is 14.3 Å². The molecule has 7 nitrogen and oxygen atoms in total. The smallest absolute Gasteiger partial charge is 0.307 e. The first-order valence-corrected chi connectivity index (χ1v) is 9.76. The molecule has 0 spiro atoms. The van der Waals surface area contributed by atoms with Gasteiger partial charge in [0.1, 0.15) is 0 Å². The Bertz CT molecular complexity index is 892. The molecule has 1 amide bonds. The van der Waals surface area contributed by atoms with Crippen molar-refractivity contribution in [2.45, 2.75) is 50.9 Å². The number of nitrogens with zero attached hydrogens (tertiary/aromatic N) is 2. The van der Waals surface area contributed by atoms with Gasteiger partial charge in [-0.05, 0) is 32.4 Å². The molecule has 0 unspecified atom stereocenters. The number of thioether (sulfide) groups is 1. The standard InChI is InChI=1S/C19H25N3O4S/c1-5-19(2,3)21-15(23)12-27-18-20-14-9-7-6-8-13(14)17(25)22(18)11-10-16(24)26-4/h6-9H,5,10-12H2,1-4H3,(H,21,23). The van der Waals surface area contributed by atoms with E-state index in [1.807, 2.05) is 20.8 Å². The fourth-order valence-electron chi connectivity index (χ4n) is 2.39. The van der Waals surface area contributed by atoms with Gasteiger partial charge in [0.15, 0.2) is 5.16 Å². The molecule has 146 valence electrons. The quantitative estimate of drug-likeness (QED) is 0.422. The van der Waals surface area contributed by atoms with E-state index in [0.717, 1.165) is 6.42 Å². The summed E-state index contributed by atoms with van der Waals surface area (Å²) in [5.74, 6) is -0.408. The molecule has 0 saturated heterocycles. The van der Waals surface area contributed by atoms with Gasteiger partial charge in [0.25, 0.3) is 5.56 Å². The molecule has 2 aromatic rings. The van der Waals surface area contributed by atoms with E-state index in [2.05, 4.69) is 15.0 Å². The van der Waals surface area contributed by atoms with Gasteiger partial charge in [0.2, 0.25) is 5.91 Å². The number of hydrogen-bond donors (Lipinski definition) is 1. The molecule has 1 heterocycles. The number of nitrogens with one attached hydrogen (secondary N) is 1. The summed E-state index contributed by atoms with van der Waals surface area (Å²) in [7, 11) is 1.30. The number of esters is 1. The van der Waals surface area contributed by atoms with Crippen LogP contribution >= 0.6 is 11.8 Å². The zero-order valence-electron chi connectivity index (χ0n) is 16.1. The van der Waals surface area contributed by atoms with Crippen LogP contribution in [0.4, 0.5) is 0 Å². The van der Waals surface area contributed by atoms with Crippen LogP contribution in [0, 0.1) is 0 Å². The van der Waals surface area contributed by atoms with Gasteiger partial charge in [-0.15, -0.1) is 0 Å². The van der Waals surface area contributed by atoms with Gasteiger partial charge in [0, 0.05) is 12.1 Å². The number of rotatable bonds is 8. The van der Waals surface area contributed by atoms with Crippen LogP contribution in [-0.4, -0.2) is 39.8 Å². The summed E-state index contributed by atoms with van der Waals surface area (Å²) in [5, 5.41) is 3.84. The number of para-hydroxylation sites is 1. The van der Waals surface area contributed by atoms with Crippen LogP contribution in [-0.2, 0) is 20.9 Å². The molecule has 1 aromatic heterocycles. The molecule has 1 N–H and O–H groups in total. The van der Waals surface area contributed by atoms with Gasteiger partial charge in [0.05, 0.1) is 30.2 Å². The van der Waals surface area contributed by atoms with Gasteiger partial charge < -0.3 is 10.1 Å². The number of methoxy groups -OCH3 is 1. The van der Waals surface area contributed by atoms with E-state index in [1.165, 1.54) is 23.4 Å². The summed E-state index contributed by atoms with van der Waals surface area (Å²) in [6.07, 6.45) is 0.862. The number of ether oxygens (including phenoxy) is 1. The normalized spacial score (nSPS) is 11.4. The Hall–Kier alpha value is -2.35. The van der Waals surface area contributed by atoms with Crippen molar-refractivity contribution >= 4 is 34.5 Å². The zero-order chi connectivity index (χ0) is 20.0. The van der Waals surface area contributed by atoms with Crippen molar-refractivity contribution in [1.82, 2.24) is 14.9 Å². The molecular weight excluding hydrogens is 366 g/mol. The van der Waals surface area contributed by atoms with Crippen molar-refractivity contribution in [1.29, 1.82) is 0 Å². The summed E-state index contributed by atoms with van der Waals surface area (Å²) in [4.78, 5) is 41.1. The lowest BCUT2D eigenvalue weighted by atomic mass is 10.0. The minimum atomic E-state index is -0.409. The average molecular weight is 391 g/mol. The van der Waals surface area contributed by atoms with E-state index in [1.54, 1.807) is 24.3 Å². The van der Waals surface area contributed by atoms with Gasteiger partial charge in [-0.2, -0.15) is 0 Å². The minimum absolute atomic E-state index is 0.0546. The minimum Gasteiger partial charge on any atom is -0.469 e. The highest BCUT2D eigenvalue weighted by atomic mass is 32.2. The lowest BCUT2D eigenvalue weighted by Gasteiger charge is -2.24. The molecule has 27 heavy (non-hydrogen) atoms. The van der Waals surface area contributed by atoms with Crippen LogP contribution in [0.2, 0.25) is 0 Å². The Morgan fingerprint density at radius 1 is 1.30 bits per heavy atom. The van der Waals surface area contributed by atoms with Crippen molar-refractivity contribution in [2.75, 3.05) is 12.9 Å². The topological polar surface area (TPSA) is 90.3 Å². The SMILES string of the molecule is CCC(C)(C)NC(=O)CSc1nc2ccccc2c(=O)n1CCC(=O)OC. The van der Waals surface area contributed by atoms with E-state index in [4.69, 9.17) is 0 Å². The second kappa shape index (κ2) is 9.03. The largest absolute Gasteiger partial charge is 0.469 e. The molecule has 0 aliphatic carbocycles. The third-order valence-corrected chi connectivity index (χ3v) is 5.26. The number of benzene rings is 1. The monoisotopic (exact) mass is 391 g/mol. The van der Waals surface area contributed by atoms with E-state index < -0.39 is 5.97 Å². The first-order valence-electron chi connectivity index (χ1n) is 8.77. The van der Waals surface area contributed by atoms with E-state index in [-0.39, 0.29) is 35.7 Å². The molecule has 2 rings (SSSR count). The predicted molar refractivity (Wildman–Crippen MR) is 106 cm³/mol. The number of hydrogen-bond acceptors (Lipinski definition) is 6. The molecular formula is C19H25N3O4S. The van der Waals surface area contributed by atoms with Crippen molar-refractivity contribution in [2.24, 2.45) is 0 Å². The van der Waals surface area contributed by atoms with Crippen molar-refractivity contribution in [3.8, 4) is 0 Å². The molecule has 1 aromatic carbocycles. The van der Waals surface area contributed by atoms with E-state index in [9.17, 15) is 14.4 Å². The van der Waals surface area contributed by atoms with E-state index >= 15 is 0 Å². The molecule has 0 saturated carbocycles. The molecule has 0 atom stereocenters. The van der Waals surface area contributed by atoms with Crippen LogP contribution in [0.5, 0.6) is 0 Å². The number of carbonyl (C=O) groups is 2. The number of fused-ring (bicyclic) bond motifs is 1. The van der Waals surface area contributed by atoms with Gasteiger partial charge in [-0.1, -0.05) is 30.8 Å². The Labute approximate surface area is 162 Å². The summed E-state index contributed by atoms with van der Waals surface area (Å²) in [5.41, 5.74) is 0.0360. The molecule has 0 radical (unpaired) electrons.